The van der Waals surface area contributed by atoms with Gasteiger partial charge in [-0.25, -0.2) is 9.97 Å². The summed E-state index contributed by atoms with van der Waals surface area (Å²) < 4.78 is 1.54. The number of nitrogens with two attached hydrogens (primary N) is 1. The highest BCUT2D eigenvalue weighted by Crippen LogP contribution is 2.56. The predicted molar refractivity (Wildman–Crippen MR) is 135 cm³/mol. The standard InChI is InChI=1S/C27H26N6O2/c1-33-22(35)14-19(18-12-17(18)15-8-4-2-5-9-15)30-27(33)32-25-23(16-10-6-3-7-11-16)24(25)20-13-21(34)31-26(28)29-20/h2-11,13-14,17-18,23-25H,12H2,1H3,(H,30,32)(H3,28,29,31,34). The Balaban J connectivity index is 1.32. The van der Waals surface area contributed by atoms with Gasteiger partial charge >= 0.3 is 0 Å². The third kappa shape index (κ3) is 4.01. The first-order chi connectivity index (χ1) is 17.0. The third-order valence-electron chi connectivity index (χ3n) is 7.17. The SMILES string of the molecule is Cn1c(NC2C(c3ccccc3)C2c2cc(=O)[nH]c(N)n2)nc(C2CC2c2ccccc2)cc1=O. The van der Waals surface area contributed by atoms with Crippen molar-refractivity contribution >= 4 is 11.9 Å². The number of nitrogens with one attached hydrogen (secondary N) is 2. The van der Waals surface area contributed by atoms with Crippen LogP contribution in [0.4, 0.5) is 11.9 Å². The quantitative estimate of drug-likeness (QED) is 0.402. The van der Waals surface area contributed by atoms with Gasteiger partial charge in [-0.3, -0.25) is 19.1 Å². The second-order valence-corrected chi connectivity index (χ2v) is 9.45. The molecule has 176 valence electrons. The first-order valence-electron chi connectivity index (χ1n) is 11.8. The van der Waals surface area contributed by atoms with E-state index in [1.54, 1.807) is 17.7 Å². The molecule has 8 nitrogen and oxygen atoms in total. The largest absolute Gasteiger partial charge is 0.369 e. The summed E-state index contributed by atoms with van der Waals surface area (Å²) >= 11 is 0. The summed E-state index contributed by atoms with van der Waals surface area (Å²) in [5.74, 6) is 1.25. The number of aromatic amines is 1. The van der Waals surface area contributed by atoms with Crippen LogP contribution < -0.4 is 22.2 Å². The molecule has 5 atom stereocenters. The average molecular weight is 467 g/mol. The lowest BCUT2D eigenvalue weighted by atomic mass is 10.1. The summed E-state index contributed by atoms with van der Waals surface area (Å²) in [6, 6.07) is 23.5. The summed E-state index contributed by atoms with van der Waals surface area (Å²) in [5, 5.41) is 3.50. The summed E-state index contributed by atoms with van der Waals surface area (Å²) in [7, 11) is 1.72. The van der Waals surface area contributed by atoms with Crippen molar-refractivity contribution in [2.45, 2.75) is 36.1 Å². The Morgan fingerprint density at radius 2 is 1.57 bits per heavy atom. The second-order valence-electron chi connectivity index (χ2n) is 9.45. The Labute approximate surface area is 201 Å². The van der Waals surface area contributed by atoms with Gasteiger partial charge in [0, 0.05) is 43.0 Å². The van der Waals surface area contributed by atoms with Crippen LogP contribution in [0.2, 0.25) is 0 Å². The van der Waals surface area contributed by atoms with Gasteiger partial charge in [0.2, 0.25) is 11.9 Å². The molecule has 0 saturated heterocycles. The van der Waals surface area contributed by atoms with Crippen molar-refractivity contribution in [2.24, 2.45) is 7.05 Å². The molecule has 2 aromatic carbocycles. The van der Waals surface area contributed by atoms with Crippen molar-refractivity contribution < 1.29 is 0 Å². The molecule has 2 heterocycles. The number of hydrogen-bond acceptors (Lipinski definition) is 6. The first kappa shape index (κ1) is 21.3. The molecular weight excluding hydrogens is 440 g/mol. The molecule has 0 amide bonds. The van der Waals surface area contributed by atoms with Crippen molar-refractivity contribution in [3.05, 3.63) is 116 Å². The Hall–Kier alpha value is -4.20. The van der Waals surface area contributed by atoms with Gasteiger partial charge in [-0.05, 0) is 23.5 Å². The lowest BCUT2D eigenvalue weighted by Gasteiger charge is -2.12. The van der Waals surface area contributed by atoms with E-state index in [1.165, 1.54) is 11.6 Å². The summed E-state index contributed by atoms with van der Waals surface area (Å²) in [5.41, 5.74) is 9.30. The Morgan fingerprint density at radius 3 is 2.26 bits per heavy atom. The number of rotatable bonds is 6. The third-order valence-corrected chi connectivity index (χ3v) is 7.17. The second kappa shape index (κ2) is 8.23. The van der Waals surface area contributed by atoms with Crippen LogP contribution in [0, 0.1) is 0 Å². The number of anilines is 2. The highest BCUT2D eigenvalue weighted by molar-refractivity contribution is 5.47. The van der Waals surface area contributed by atoms with E-state index in [-0.39, 0.29) is 40.9 Å². The minimum absolute atomic E-state index is 0.0689. The number of benzene rings is 2. The van der Waals surface area contributed by atoms with Crippen LogP contribution in [0.3, 0.4) is 0 Å². The fourth-order valence-corrected chi connectivity index (χ4v) is 5.23. The molecular formula is C27H26N6O2. The lowest BCUT2D eigenvalue weighted by Crippen LogP contribution is -2.24. The summed E-state index contributed by atoms with van der Waals surface area (Å²) in [6.45, 7) is 0. The van der Waals surface area contributed by atoms with Crippen molar-refractivity contribution in [1.82, 2.24) is 19.5 Å². The van der Waals surface area contributed by atoms with Crippen LogP contribution in [-0.4, -0.2) is 25.6 Å². The first-order valence-corrected chi connectivity index (χ1v) is 11.8. The minimum Gasteiger partial charge on any atom is -0.369 e. The van der Waals surface area contributed by atoms with E-state index in [2.05, 4.69) is 39.6 Å². The molecule has 2 aliphatic rings. The Kier molecular flexibility index (Phi) is 5.02. The Bertz CT molecular complexity index is 1500. The molecule has 2 fully saturated rings. The van der Waals surface area contributed by atoms with E-state index in [0.717, 1.165) is 17.7 Å². The monoisotopic (exact) mass is 466 g/mol. The molecule has 0 spiro atoms. The zero-order valence-corrected chi connectivity index (χ0v) is 19.3. The van der Waals surface area contributed by atoms with Gasteiger partial charge in [0.25, 0.3) is 11.1 Å². The zero-order chi connectivity index (χ0) is 24.1. The molecule has 2 aromatic heterocycles. The number of aromatic nitrogens is 4. The number of nitrogens with zero attached hydrogens (tertiary/aromatic N) is 3. The Morgan fingerprint density at radius 1 is 0.886 bits per heavy atom. The maximum Gasteiger partial charge on any atom is 0.254 e. The van der Waals surface area contributed by atoms with E-state index in [1.807, 2.05) is 36.4 Å². The van der Waals surface area contributed by atoms with Crippen LogP contribution in [0.25, 0.3) is 0 Å². The van der Waals surface area contributed by atoms with Crippen molar-refractivity contribution in [2.75, 3.05) is 11.1 Å². The lowest BCUT2D eigenvalue weighted by molar-refractivity contribution is 0.789. The van der Waals surface area contributed by atoms with Gasteiger partial charge in [-0.15, -0.1) is 0 Å². The summed E-state index contributed by atoms with van der Waals surface area (Å²) in [4.78, 5) is 36.7. The highest BCUT2D eigenvalue weighted by atomic mass is 16.1. The molecule has 2 aliphatic carbocycles. The van der Waals surface area contributed by atoms with Crippen molar-refractivity contribution in [3.8, 4) is 0 Å². The van der Waals surface area contributed by atoms with E-state index in [4.69, 9.17) is 10.7 Å². The van der Waals surface area contributed by atoms with E-state index < -0.39 is 0 Å². The minimum atomic E-state index is -0.279. The fraction of sp³-hybridized carbons (Fsp3) is 0.259. The van der Waals surface area contributed by atoms with Gasteiger partial charge in [0.05, 0.1) is 11.4 Å². The number of hydrogen-bond donors (Lipinski definition) is 3. The van der Waals surface area contributed by atoms with Gasteiger partial charge in [-0.2, -0.15) is 0 Å². The molecule has 4 aromatic rings. The van der Waals surface area contributed by atoms with Crippen LogP contribution >= 0.6 is 0 Å². The van der Waals surface area contributed by atoms with E-state index in [0.29, 0.717) is 17.6 Å². The molecule has 0 aliphatic heterocycles. The molecule has 5 unspecified atom stereocenters. The highest BCUT2D eigenvalue weighted by Gasteiger charge is 2.53. The van der Waals surface area contributed by atoms with Gasteiger partial charge in [-0.1, -0.05) is 60.7 Å². The van der Waals surface area contributed by atoms with Crippen LogP contribution in [0.15, 0.2) is 82.4 Å². The van der Waals surface area contributed by atoms with Gasteiger partial charge < -0.3 is 11.1 Å². The molecule has 0 radical (unpaired) electrons. The molecule has 0 bridgehead atoms. The molecule has 6 rings (SSSR count). The maximum atomic E-state index is 12.8. The van der Waals surface area contributed by atoms with E-state index >= 15 is 0 Å². The normalized spacial score (nSPS) is 24.7. The zero-order valence-electron chi connectivity index (χ0n) is 19.3. The number of H-pyrrole nitrogens is 1. The van der Waals surface area contributed by atoms with Crippen molar-refractivity contribution in [3.63, 3.8) is 0 Å². The van der Waals surface area contributed by atoms with Crippen molar-refractivity contribution in [1.29, 1.82) is 0 Å². The van der Waals surface area contributed by atoms with E-state index in [9.17, 15) is 9.59 Å². The predicted octanol–water partition coefficient (Wildman–Crippen LogP) is 3.08. The topological polar surface area (TPSA) is 119 Å². The molecule has 4 N–H and O–H groups in total. The number of nitrogen functional groups attached to an aromatic ring is 1. The molecule has 35 heavy (non-hydrogen) atoms. The fourth-order valence-electron chi connectivity index (χ4n) is 5.23. The maximum absolute atomic E-state index is 12.8. The van der Waals surface area contributed by atoms with Gasteiger partial charge in [0.1, 0.15) is 0 Å². The van der Waals surface area contributed by atoms with Gasteiger partial charge in [0.15, 0.2) is 0 Å². The van der Waals surface area contributed by atoms with Crippen LogP contribution in [0.1, 0.15) is 52.6 Å². The van der Waals surface area contributed by atoms with Crippen LogP contribution in [0.5, 0.6) is 0 Å². The molecule has 8 heteroatoms. The van der Waals surface area contributed by atoms with Crippen LogP contribution in [-0.2, 0) is 7.05 Å². The molecule has 2 saturated carbocycles. The summed E-state index contributed by atoms with van der Waals surface area (Å²) in [6.07, 6.45) is 0.984. The smallest absolute Gasteiger partial charge is 0.254 e. The average Bonchev–Trinajstić information content (AvgIpc) is 3.77.